The first-order chi connectivity index (χ1) is 9.58. The summed E-state index contributed by atoms with van der Waals surface area (Å²) in [5.74, 6) is 0.298. The van der Waals surface area contributed by atoms with Crippen molar-refractivity contribution in [3.8, 4) is 0 Å². The molecule has 3 heteroatoms. The molecular weight excluding hydrogens is 248 g/mol. The Morgan fingerprint density at radius 1 is 1.10 bits per heavy atom. The Hall–Kier alpha value is -1.35. The maximum Gasteiger partial charge on any atom is 0.223 e. The average molecular weight is 274 g/mol. The third-order valence-corrected chi connectivity index (χ3v) is 4.24. The summed E-state index contributed by atoms with van der Waals surface area (Å²) in [5.41, 5.74) is 5.34. The van der Waals surface area contributed by atoms with E-state index in [1.807, 2.05) is 4.90 Å². The number of hydrogen-bond acceptors (Lipinski definition) is 2. The molecule has 0 atom stereocenters. The number of hydrogen-bond donors (Lipinski definition) is 1. The molecule has 0 aliphatic carbocycles. The number of nitrogens with one attached hydrogen (secondary N) is 1. The fourth-order valence-electron chi connectivity index (χ4n) is 2.75. The van der Waals surface area contributed by atoms with Crippen LogP contribution in [-0.2, 0) is 11.3 Å². The zero-order valence-corrected chi connectivity index (χ0v) is 13.0. The smallest absolute Gasteiger partial charge is 0.223 e. The van der Waals surface area contributed by atoms with E-state index in [4.69, 9.17) is 0 Å². The van der Waals surface area contributed by atoms with Crippen molar-refractivity contribution >= 4 is 5.91 Å². The van der Waals surface area contributed by atoms with Crippen LogP contribution in [-0.4, -0.2) is 30.4 Å². The van der Waals surface area contributed by atoms with Gasteiger partial charge in [-0.25, -0.2) is 0 Å². The molecule has 1 aliphatic heterocycles. The first-order valence-electron chi connectivity index (χ1n) is 7.63. The molecule has 110 valence electrons. The van der Waals surface area contributed by atoms with E-state index >= 15 is 0 Å². The first kappa shape index (κ1) is 15.0. The summed E-state index contributed by atoms with van der Waals surface area (Å²) in [7, 11) is 0. The summed E-state index contributed by atoms with van der Waals surface area (Å²) in [6, 6.07) is 4.49. The summed E-state index contributed by atoms with van der Waals surface area (Å²) < 4.78 is 0. The average Bonchev–Trinajstić information content (AvgIpc) is 2.94. The molecular formula is C17H26N2O. The quantitative estimate of drug-likeness (QED) is 0.837. The molecule has 1 N–H and O–H groups in total. The number of amides is 1. The molecule has 3 nitrogen and oxygen atoms in total. The minimum Gasteiger partial charge on any atom is -0.343 e. The molecule has 0 spiro atoms. The molecule has 20 heavy (non-hydrogen) atoms. The monoisotopic (exact) mass is 274 g/mol. The van der Waals surface area contributed by atoms with Crippen molar-refractivity contribution in [2.75, 3.05) is 19.6 Å². The highest BCUT2D eigenvalue weighted by atomic mass is 16.2. The Kier molecular flexibility index (Phi) is 5.18. The number of benzene rings is 1. The highest BCUT2D eigenvalue weighted by Crippen LogP contribution is 2.15. The summed E-state index contributed by atoms with van der Waals surface area (Å²) in [4.78, 5) is 13.9. The van der Waals surface area contributed by atoms with Crippen molar-refractivity contribution in [1.29, 1.82) is 0 Å². The standard InChI is InChI=1S/C17H26N2O/c1-13-10-15(3)16(11-14(13)2)12-18-7-6-17(20)19-8-4-5-9-19/h10-11,18H,4-9,12H2,1-3H3. The summed E-state index contributed by atoms with van der Waals surface area (Å²) in [6.45, 7) is 9.97. The van der Waals surface area contributed by atoms with E-state index < -0.39 is 0 Å². The van der Waals surface area contributed by atoms with Crippen LogP contribution in [0.5, 0.6) is 0 Å². The number of carbonyl (C=O) groups is 1. The lowest BCUT2D eigenvalue weighted by atomic mass is 10.0. The highest BCUT2D eigenvalue weighted by molar-refractivity contribution is 5.76. The van der Waals surface area contributed by atoms with Gasteiger partial charge in [0, 0.05) is 32.6 Å². The molecule has 0 saturated carbocycles. The van der Waals surface area contributed by atoms with Crippen LogP contribution in [0.3, 0.4) is 0 Å². The van der Waals surface area contributed by atoms with E-state index in [1.165, 1.54) is 35.1 Å². The van der Waals surface area contributed by atoms with Crippen LogP contribution >= 0.6 is 0 Å². The molecule has 1 heterocycles. The van der Waals surface area contributed by atoms with Crippen LogP contribution in [0.25, 0.3) is 0 Å². The van der Waals surface area contributed by atoms with Crippen molar-refractivity contribution < 1.29 is 4.79 Å². The third-order valence-electron chi connectivity index (χ3n) is 4.24. The van der Waals surface area contributed by atoms with Crippen LogP contribution in [0, 0.1) is 20.8 Å². The summed E-state index contributed by atoms with van der Waals surface area (Å²) >= 11 is 0. The van der Waals surface area contributed by atoms with Crippen molar-refractivity contribution in [3.63, 3.8) is 0 Å². The number of aryl methyl sites for hydroxylation is 3. The van der Waals surface area contributed by atoms with E-state index in [0.29, 0.717) is 12.3 Å². The van der Waals surface area contributed by atoms with Crippen LogP contribution in [0.15, 0.2) is 12.1 Å². The van der Waals surface area contributed by atoms with Crippen molar-refractivity contribution in [3.05, 3.63) is 34.4 Å². The van der Waals surface area contributed by atoms with E-state index in [2.05, 4.69) is 38.2 Å². The molecule has 1 fully saturated rings. The van der Waals surface area contributed by atoms with E-state index in [-0.39, 0.29) is 0 Å². The predicted molar refractivity (Wildman–Crippen MR) is 82.8 cm³/mol. The van der Waals surface area contributed by atoms with Crippen molar-refractivity contribution in [1.82, 2.24) is 10.2 Å². The van der Waals surface area contributed by atoms with Crippen LogP contribution in [0.2, 0.25) is 0 Å². The largest absolute Gasteiger partial charge is 0.343 e. The minimum atomic E-state index is 0.298. The molecule has 1 aromatic carbocycles. The summed E-state index contributed by atoms with van der Waals surface area (Å²) in [5, 5.41) is 3.40. The van der Waals surface area contributed by atoms with Gasteiger partial charge in [-0.05, 0) is 55.9 Å². The van der Waals surface area contributed by atoms with Crippen LogP contribution < -0.4 is 5.32 Å². The molecule has 0 unspecified atom stereocenters. The number of rotatable bonds is 5. The van der Waals surface area contributed by atoms with Gasteiger partial charge in [0.05, 0.1) is 0 Å². The SMILES string of the molecule is Cc1cc(C)c(CNCCC(=O)N2CCCC2)cc1C. The van der Waals surface area contributed by atoms with Gasteiger partial charge in [-0.15, -0.1) is 0 Å². The Balaban J connectivity index is 1.75. The molecule has 0 bridgehead atoms. The molecule has 1 amide bonds. The second-order valence-electron chi connectivity index (χ2n) is 5.88. The van der Waals surface area contributed by atoms with Gasteiger partial charge in [0.1, 0.15) is 0 Å². The number of likely N-dealkylation sites (tertiary alicyclic amines) is 1. The lowest BCUT2D eigenvalue weighted by molar-refractivity contribution is -0.130. The third kappa shape index (κ3) is 3.83. The first-order valence-corrected chi connectivity index (χ1v) is 7.63. The lowest BCUT2D eigenvalue weighted by Gasteiger charge is -2.15. The van der Waals surface area contributed by atoms with Crippen molar-refractivity contribution in [2.24, 2.45) is 0 Å². The van der Waals surface area contributed by atoms with Gasteiger partial charge < -0.3 is 10.2 Å². The summed E-state index contributed by atoms with van der Waals surface area (Å²) in [6.07, 6.45) is 2.95. The minimum absolute atomic E-state index is 0.298. The fourth-order valence-corrected chi connectivity index (χ4v) is 2.75. The topological polar surface area (TPSA) is 32.3 Å². The second-order valence-corrected chi connectivity index (χ2v) is 5.88. The van der Waals surface area contributed by atoms with Gasteiger partial charge in [-0.2, -0.15) is 0 Å². The molecule has 0 radical (unpaired) electrons. The van der Waals surface area contributed by atoms with Gasteiger partial charge in [0.25, 0.3) is 0 Å². The van der Waals surface area contributed by atoms with E-state index in [1.54, 1.807) is 0 Å². The van der Waals surface area contributed by atoms with E-state index in [0.717, 1.165) is 26.2 Å². The maximum absolute atomic E-state index is 11.9. The zero-order valence-electron chi connectivity index (χ0n) is 13.0. The molecule has 2 rings (SSSR count). The zero-order chi connectivity index (χ0) is 14.5. The molecule has 1 aliphatic rings. The highest BCUT2D eigenvalue weighted by Gasteiger charge is 2.16. The predicted octanol–water partition coefficient (Wildman–Crippen LogP) is 2.71. The van der Waals surface area contributed by atoms with Crippen LogP contribution in [0.1, 0.15) is 41.5 Å². The Bertz CT molecular complexity index is 476. The number of nitrogens with zero attached hydrogens (tertiary/aromatic N) is 1. The lowest BCUT2D eigenvalue weighted by Crippen LogP contribution is -2.30. The van der Waals surface area contributed by atoms with Crippen molar-refractivity contribution in [2.45, 2.75) is 46.6 Å². The van der Waals surface area contributed by atoms with Crippen LogP contribution in [0.4, 0.5) is 0 Å². The molecule has 0 aromatic heterocycles. The van der Waals surface area contributed by atoms with Gasteiger partial charge in [0.2, 0.25) is 5.91 Å². The fraction of sp³-hybridized carbons (Fsp3) is 0.588. The maximum atomic E-state index is 11.9. The Morgan fingerprint density at radius 2 is 1.75 bits per heavy atom. The van der Waals surface area contributed by atoms with Gasteiger partial charge in [0.15, 0.2) is 0 Å². The van der Waals surface area contributed by atoms with Gasteiger partial charge in [-0.3, -0.25) is 4.79 Å². The Morgan fingerprint density at radius 3 is 2.45 bits per heavy atom. The normalized spacial score (nSPS) is 14.8. The second kappa shape index (κ2) is 6.89. The number of carbonyl (C=O) groups excluding carboxylic acids is 1. The van der Waals surface area contributed by atoms with Gasteiger partial charge in [-0.1, -0.05) is 12.1 Å². The molecule has 1 aromatic rings. The Labute approximate surface area is 122 Å². The molecule has 1 saturated heterocycles. The van der Waals surface area contributed by atoms with E-state index in [9.17, 15) is 4.79 Å². The van der Waals surface area contributed by atoms with Gasteiger partial charge >= 0.3 is 0 Å².